The van der Waals surface area contributed by atoms with E-state index < -0.39 is 0 Å². The predicted octanol–water partition coefficient (Wildman–Crippen LogP) is 3.13. The molecule has 0 aliphatic carbocycles. The summed E-state index contributed by atoms with van der Waals surface area (Å²) in [6.07, 6.45) is 5.80. The van der Waals surface area contributed by atoms with Gasteiger partial charge in [-0.3, -0.25) is 5.10 Å². The Morgan fingerprint density at radius 1 is 1.19 bits per heavy atom. The number of aromatic amines is 1. The zero-order valence-electron chi connectivity index (χ0n) is 11.8. The van der Waals surface area contributed by atoms with Gasteiger partial charge in [-0.2, -0.15) is 5.10 Å². The van der Waals surface area contributed by atoms with Gasteiger partial charge in [0.2, 0.25) is 5.88 Å². The van der Waals surface area contributed by atoms with Gasteiger partial charge < -0.3 is 9.30 Å². The van der Waals surface area contributed by atoms with Gasteiger partial charge in [-0.1, -0.05) is 6.07 Å². The number of benzene rings is 1. The lowest BCUT2D eigenvalue weighted by Gasteiger charge is -2.02. The maximum absolute atomic E-state index is 5.24. The smallest absolute Gasteiger partial charge is 0.213 e. The van der Waals surface area contributed by atoms with Crippen LogP contribution in [0.25, 0.3) is 32.9 Å². The summed E-state index contributed by atoms with van der Waals surface area (Å²) in [5, 5.41) is 9.28. The van der Waals surface area contributed by atoms with Crippen molar-refractivity contribution in [1.29, 1.82) is 0 Å². The molecule has 0 unspecified atom stereocenters. The third-order valence-corrected chi connectivity index (χ3v) is 3.81. The monoisotopic (exact) mass is 278 g/mol. The Bertz CT molecular complexity index is 951. The lowest BCUT2D eigenvalue weighted by Crippen LogP contribution is -1.88. The van der Waals surface area contributed by atoms with Crippen molar-refractivity contribution >= 4 is 21.8 Å². The van der Waals surface area contributed by atoms with Gasteiger partial charge in [0, 0.05) is 35.6 Å². The minimum absolute atomic E-state index is 0.624. The third kappa shape index (κ3) is 1.78. The highest BCUT2D eigenvalue weighted by molar-refractivity contribution is 5.98. The molecule has 1 aromatic carbocycles. The average Bonchev–Trinajstić information content (AvgIpc) is 3.10. The van der Waals surface area contributed by atoms with Crippen molar-refractivity contribution in [3.8, 4) is 17.0 Å². The number of fused-ring (bicyclic) bond motifs is 2. The average molecular weight is 278 g/mol. The zero-order chi connectivity index (χ0) is 14.4. The van der Waals surface area contributed by atoms with Crippen molar-refractivity contribution in [3.63, 3.8) is 0 Å². The molecule has 5 heteroatoms. The zero-order valence-corrected chi connectivity index (χ0v) is 11.8. The summed E-state index contributed by atoms with van der Waals surface area (Å²) >= 11 is 0. The van der Waals surface area contributed by atoms with Crippen molar-refractivity contribution in [2.75, 3.05) is 7.11 Å². The molecule has 104 valence electrons. The van der Waals surface area contributed by atoms with Gasteiger partial charge in [-0.25, -0.2) is 4.98 Å². The van der Waals surface area contributed by atoms with Crippen LogP contribution in [0.5, 0.6) is 5.88 Å². The van der Waals surface area contributed by atoms with Crippen LogP contribution in [0.1, 0.15) is 0 Å². The second-order valence-electron chi connectivity index (χ2n) is 5.07. The van der Waals surface area contributed by atoms with E-state index in [4.69, 9.17) is 4.74 Å². The van der Waals surface area contributed by atoms with Gasteiger partial charge in [0.15, 0.2) is 0 Å². The highest BCUT2D eigenvalue weighted by Gasteiger charge is 2.11. The standard InChI is InChI=1S/C16H14N4O/c1-20-9-13(12-6-16(21-2)17-8-15(12)20)10-3-4-14-11(5-10)7-18-19-14/h3-9H,1-2H3,(H,18,19). The number of methoxy groups -OCH3 is 1. The SMILES string of the molecule is COc1cc2c(-c3ccc4[nH]ncc4c3)cn(C)c2cn1. The molecule has 4 aromatic rings. The number of hydrogen-bond donors (Lipinski definition) is 1. The van der Waals surface area contributed by atoms with Gasteiger partial charge in [-0.05, 0) is 17.7 Å². The van der Waals surface area contributed by atoms with E-state index in [0.717, 1.165) is 32.9 Å². The fourth-order valence-electron chi connectivity index (χ4n) is 2.71. The van der Waals surface area contributed by atoms with Crippen molar-refractivity contribution in [2.45, 2.75) is 0 Å². The third-order valence-electron chi connectivity index (χ3n) is 3.81. The van der Waals surface area contributed by atoms with E-state index in [0.29, 0.717) is 5.88 Å². The number of aryl methyl sites for hydroxylation is 1. The summed E-state index contributed by atoms with van der Waals surface area (Å²) in [6.45, 7) is 0. The highest BCUT2D eigenvalue weighted by atomic mass is 16.5. The van der Waals surface area contributed by atoms with Crippen LogP contribution < -0.4 is 4.74 Å². The molecule has 0 radical (unpaired) electrons. The summed E-state index contributed by atoms with van der Waals surface area (Å²) in [7, 11) is 3.66. The summed E-state index contributed by atoms with van der Waals surface area (Å²) in [4.78, 5) is 4.28. The van der Waals surface area contributed by atoms with E-state index in [2.05, 4.69) is 44.1 Å². The molecular weight excluding hydrogens is 264 g/mol. The van der Waals surface area contributed by atoms with Gasteiger partial charge >= 0.3 is 0 Å². The van der Waals surface area contributed by atoms with E-state index in [1.807, 2.05) is 25.5 Å². The Balaban J connectivity index is 1.99. The molecule has 21 heavy (non-hydrogen) atoms. The molecule has 0 bridgehead atoms. The number of pyridine rings is 1. The number of hydrogen-bond acceptors (Lipinski definition) is 3. The first-order valence-electron chi connectivity index (χ1n) is 6.69. The molecule has 0 fully saturated rings. The van der Waals surface area contributed by atoms with Crippen LogP contribution in [-0.4, -0.2) is 26.9 Å². The van der Waals surface area contributed by atoms with Gasteiger partial charge in [-0.15, -0.1) is 0 Å². The molecule has 1 N–H and O–H groups in total. The van der Waals surface area contributed by atoms with E-state index in [9.17, 15) is 0 Å². The van der Waals surface area contributed by atoms with Crippen molar-refractivity contribution < 1.29 is 4.74 Å². The maximum atomic E-state index is 5.24. The van der Waals surface area contributed by atoms with Crippen LogP contribution in [0.4, 0.5) is 0 Å². The van der Waals surface area contributed by atoms with Gasteiger partial charge in [0.1, 0.15) is 0 Å². The van der Waals surface area contributed by atoms with Crippen LogP contribution >= 0.6 is 0 Å². The molecule has 0 atom stereocenters. The van der Waals surface area contributed by atoms with Gasteiger partial charge in [0.25, 0.3) is 0 Å². The number of nitrogens with one attached hydrogen (secondary N) is 1. The van der Waals surface area contributed by atoms with E-state index in [1.54, 1.807) is 7.11 Å². The molecule has 0 amide bonds. The Kier molecular flexibility index (Phi) is 2.47. The highest BCUT2D eigenvalue weighted by Crippen LogP contribution is 2.32. The molecule has 0 saturated carbocycles. The Morgan fingerprint density at radius 2 is 2.10 bits per heavy atom. The first kappa shape index (κ1) is 12.0. The van der Waals surface area contributed by atoms with Crippen LogP contribution in [-0.2, 0) is 7.05 Å². The lowest BCUT2D eigenvalue weighted by atomic mass is 10.0. The minimum atomic E-state index is 0.624. The Hall–Kier alpha value is -2.82. The topological polar surface area (TPSA) is 55.7 Å². The molecule has 0 aliphatic rings. The number of H-pyrrole nitrogens is 1. The molecule has 3 aromatic heterocycles. The van der Waals surface area contributed by atoms with Crippen LogP contribution in [0, 0.1) is 0 Å². The van der Waals surface area contributed by atoms with Crippen molar-refractivity contribution in [3.05, 3.63) is 42.9 Å². The van der Waals surface area contributed by atoms with Crippen LogP contribution in [0.15, 0.2) is 42.9 Å². The predicted molar refractivity (Wildman–Crippen MR) is 82.4 cm³/mol. The molecule has 0 saturated heterocycles. The fraction of sp³-hybridized carbons (Fsp3) is 0.125. The number of nitrogens with zero attached hydrogens (tertiary/aromatic N) is 3. The molecule has 0 aliphatic heterocycles. The first-order chi connectivity index (χ1) is 10.3. The van der Waals surface area contributed by atoms with Gasteiger partial charge in [0.05, 0.1) is 30.5 Å². The molecular formula is C16H14N4O. The number of rotatable bonds is 2. The van der Waals surface area contributed by atoms with Crippen LogP contribution in [0.2, 0.25) is 0 Å². The molecule has 4 rings (SSSR count). The summed E-state index contributed by atoms with van der Waals surface area (Å²) in [5.41, 5.74) is 4.44. The minimum Gasteiger partial charge on any atom is -0.481 e. The lowest BCUT2D eigenvalue weighted by molar-refractivity contribution is 0.398. The van der Waals surface area contributed by atoms with E-state index >= 15 is 0 Å². The first-order valence-corrected chi connectivity index (χ1v) is 6.69. The summed E-state index contributed by atoms with van der Waals surface area (Å²) in [5.74, 6) is 0.624. The quantitative estimate of drug-likeness (QED) is 0.613. The number of aromatic nitrogens is 4. The molecule has 5 nitrogen and oxygen atoms in total. The Morgan fingerprint density at radius 3 is 2.95 bits per heavy atom. The summed E-state index contributed by atoms with van der Waals surface area (Å²) < 4.78 is 7.32. The Labute approximate surface area is 121 Å². The number of ether oxygens (including phenoxy) is 1. The maximum Gasteiger partial charge on any atom is 0.213 e. The molecule has 0 spiro atoms. The molecule has 3 heterocycles. The van der Waals surface area contributed by atoms with Crippen LogP contribution in [0.3, 0.4) is 0 Å². The van der Waals surface area contributed by atoms with Crippen molar-refractivity contribution in [2.24, 2.45) is 7.05 Å². The summed E-state index contributed by atoms with van der Waals surface area (Å²) in [6, 6.07) is 8.27. The van der Waals surface area contributed by atoms with E-state index in [1.165, 1.54) is 0 Å². The van der Waals surface area contributed by atoms with E-state index in [-0.39, 0.29) is 0 Å². The normalized spacial score (nSPS) is 11.3. The van der Waals surface area contributed by atoms with Crippen molar-refractivity contribution in [1.82, 2.24) is 19.7 Å². The fourth-order valence-corrected chi connectivity index (χ4v) is 2.71. The largest absolute Gasteiger partial charge is 0.481 e. The second-order valence-corrected chi connectivity index (χ2v) is 5.07. The second kappa shape index (κ2) is 4.34.